The van der Waals surface area contributed by atoms with Crippen LogP contribution in [-0.2, 0) is 21.8 Å². The van der Waals surface area contributed by atoms with E-state index in [1.165, 1.54) is 6.07 Å². The fourth-order valence-corrected chi connectivity index (χ4v) is 2.25. The summed E-state index contributed by atoms with van der Waals surface area (Å²) in [5, 5.41) is 10.4. The lowest BCUT2D eigenvalue weighted by atomic mass is 10.1. The molecule has 0 spiro atoms. The predicted molar refractivity (Wildman–Crippen MR) is 96.6 cm³/mol. The highest BCUT2D eigenvalue weighted by Crippen LogP contribution is 2.35. The van der Waals surface area contributed by atoms with Gasteiger partial charge in [-0.3, -0.25) is 10.1 Å². The van der Waals surface area contributed by atoms with Crippen molar-refractivity contribution in [3.8, 4) is 0 Å². The van der Waals surface area contributed by atoms with E-state index in [9.17, 15) is 46.0 Å². The SMILES string of the molecule is COC(=O)c1ccc(N)cc1C(F)(F)F.COC(=O)c1ccc([N+](=O)[O-])cc1C(F)(F)F. The van der Waals surface area contributed by atoms with E-state index in [0.717, 1.165) is 26.4 Å². The first-order chi connectivity index (χ1) is 14.6. The second kappa shape index (κ2) is 9.98. The van der Waals surface area contributed by atoms with Gasteiger partial charge < -0.3 is 15.2 Å². The Kier molecular flexibility index (Phi) is 8.17. The van der Waals surface area contributed by atoms with E-state index in [2.05, 4.69) is 9.47 Å². The second-order valence-corrected chi connectivity index (χ2v) is 5.77. The first-order valence-corrected chi connectivity index (χ1v) is 8.12. The summed E-state index contributed by atoms with van der Waals surface area (Å²) < 4.78 is 83.5. The maximum atomic E-state index is 12.6. The minimum Gasteiger partial charge on any atom is -0.465 e. The highest BCUT2D eigenvalue weighted by molar-refractivity contribution is 5.92. The van der Waals surface area contributed by atoms with Crippen LogP contribution in [0.4, 0.5) is 37.7 Å². The van der Waals surface area contributed by atoms with Gasteiger partial charge in [-0.1, -0.05) is 0 Å². The minimum atomic E-state index is -4.87. The molecule has 0 fully saturated rings. The predicted octanol–water partition coefficient (Wildman–Crippen LogP) is 4.47. The fourth-order valence-electron chi connectivity index (χ4n) is 2.25. The molecular weight excluding hydrogens is 454 g/mol. The zero-order valence-corrected chi connectivity index (χ0v) is 16.2. The number of nitro groups is 1. The second-order valence-electron chi connectivity index (χ2n) is 5.77. The van der Waals surface area contributed by atoms with Crippen molar-refractivity contribution in [3.05, 3.63) is 68.8 Å². The highest BCUT2D eigenvalue weighted by Gasteiger charge is 2.37. The van der Waals surface area contributed by atoms with E-state index in [-0.39, 0.29) is 5.69 Å². The van der Waals surface area contributed by atoms with Gasteiger partial charge in [0.2, 0.25) is 0 Å². The molecule has 0 saturated heterocycles. The number of hydrogen-bond donors (Lipinski definition) is 1. The number of rotatable bonds is 3. The summed E-state index contributed by atoms with van der Waals surface area (Å²) in [5.41, 5.74) is 0.628. The molecule has 0 amide bonds. The molecule has 0 bridgehead atoms. The van der Waals surface area contributed by atoms with Crippen LogP contribution in [0, 0.1) is 10.1 Å². The monoisotopic (exact) mass is 468 g/mol. The van der Waals surface area contributed by atoms with E-state index < -0.39 is 57.2 Å². The van der Waals surface area contributed by atoms with Crippen molar-refractivity contribution < 1.29 is 50.3 Å². The Hall–Kier alpha value is -3.84. The smallest absolute Gasteiger partial charge is 0.417 e. The molecule has 0 aliphatic heterocycles. The summed E-state index contributed by atoms with van der Waals surface area (Å²) in [6.45, 7) is 0. The van der Waals surface area contributed by atoms with Crippen molar-refractivity contribution >= 4 is 23.3 Å². The van der Waals surface area contributed by atoms with Gasteiger partial charge in [-0.25, -0.2) is 9.59 Å². The van der Waals surface area contributed by atoms with Crippen LogP contribution >= 0.6 is 0 Å². The number of nitro benzene ring substituents is 1. The van der Waals surface area contributed by atoms with E-state index >= 15 is 0 Å². The average molecular weight is 468 g/mol. The lowest BCUT2D eigenvalue weighted by Crippen LogP contribution is -2.14. The van der Waals surface area contributed by atoms with Crippen LogP contribution in [0.1, 0.15) is 31.8 Å². The van der Waals surface area contributed by atoms with Gasteiger partial charge in [0, 0.05) is 17.8 Å². The molecular formula is C18H14F6N2O6. The normalized spacial score (nSPS) is 11.1. The number of alkyl halides is 6. The van der Waals surface area contributed by atoms with E-state index in [1.54, 1.807) is 0 Å². The molecule has 0 atom stereocenters. The number of benzene rings is 2. The average Bonchev–Trinajstić information content (AvgIpc) is 2.71. The lowest BCUT2D eigenvalue weighted by Gasteiger charge is -2.11. The van der Waals surface area contributed by atoms with Crippen LogP contribution in [0.25, 0.3) is 0 Å². The van der Waals surface area contributed by atoms with Crippen LogP contribution in [-0.4, -0.2) is 31.1 Å². The third kappa shape index (κ3) is 6.58. The van der Waals surface area contributed by atoms with Gasteiger partial charge in [0.05, 0.1) is 41.4 Å². The Morgan fingerprint density at radius 2 is 1.25 bits per heavy atom. The molecule has 2 aromatic rings. The van der Waals surface area contributed by atoms with Crippen molar-refractivity contribution in [3.63, 3.8) is 0 Å². The number of nitrogen functional groups attached to an aromatic ring is 1. The first-order valence-electron chi connectivity index (χ1n) is 8.12. The quantitative estimate of drug-likeness (QED) is 0.232. The van der Waals surface area contributed by atoms with E-state index in [1.807, 2.05) is 0 Å². The molecule has 174 valence electrons. The van der Waals surface area contributed by atoms with Crippen molar-refractivity contribution in [2.45, 2.75) is 12.4 Å². The van der Waals surface area contributed by atoms with Crippen LogP contribution < -0.4 is 5.73 Å². The molecule has 8 nitrogen and oxygen atoms in total. The number of nitrogens with two attached hydrogens (primary N) is 1. The lowest BCUT2D eigenvalue weighted by molar-refractivity contribution is -0.385. The van der Waals surface area contributed by atoms with E-state index in [0.29, 0.717) is 18.2 Å². The zero-order valence-electron chi connectivity index (χ0n) is 16.2. The van der Waals surface area contributed by atoms with Gasteiger partial charge in [-0.15, -0.1) is 0 Å². The minimum absolute atomic E-state index is 0.0602. The number of non-ortho nitro benzene ring substituents is 1. The Morgan fingerprint density at radius 1 is 0.844 bits per heavy atom. The summed E-state index contributed by atoms with van der Waals surface area (Å²) in [7, 11) is 1.93. The maximum Gasteiger partial charge on any atom is 0.417 e. The molecule has 32 heavy (non-hydrogen) atoms. The summed E-state index contributed by atoms with van der Waals surface area (Å²) in [6, 6.07) is 4.72. The van der Waals surface area contributed by atoms with Crippen LogP contribution in [0.2, 0.25) is 0 Å². The molecule has 2 aromatic carbocycles. The number of nitrogens with zero attached hydrogens (tertiary/aromatic N) is 1. The van der Waals surface area contributed by atoms with Gasteiger partial charge in [0.1, 0.15) is 0 Å². The number of esters is 2. The number of ether oxygens (including phenoxy) is 2. The Bertz CT molecular complexity index is 1020. The summed E-state index contributed by atoms with van der Waals surface area (Å²) in [4.78, 5) is 31.5. The number of anilines is 1. The van der Waals surface area contributed by atoms with Gasteiger partial charge in [0.15, 0.2) is 0 Å². The van der Waals surface area contributed by atoms with Crippen molar-refractivity contribution in [1.29, 1.82) is 0 Å². The highest BCUT2D eigenvalue weighted by atomic mass is 19.4. The molecule has 2 rings (SSSR count). The van der Waals surface area contributed by atoms with Gasteiger partial charge >= 0.3 is 24.3 Å². The maximum absolute atomic E-state index is 12.6. The van der Waals surface area contributed by atoms with Crippen molar-refractivity contribution in [2.24, 2.45) is 0 Å². The molecule has 14 heteroatoms. The van der Waals surface area contributed by atoms with Crippen molar-refractivity contribution in [2.75, 3.05) is 20.0 Å². The van der Waals surface area contributed by atoms with Gasteiger partial charge in [-0.2, -0.15) is 26.3 Å². The molecule has 0 unspecified atom stereocenters. The largest absolute Gasteiger partial charge is 0.465 e. The fraction of sp³-hybridized carbons (Fsp3) is 0.222. The molecule has 2 N–H and O–H groups in total. The van der Waals surface area contributed by atoms with Gasteiger partial charge in [0.25, 0.3) is 5.69 Å². The summed E-state index contributed by atoms with van der Waals surface area (Å²) in [6.07, 6.45) is -9.49. The van der Waals surface area contributed by atoms with Crippen LogP contribution in [0.15, 0.2) is 36.4 Å². The molecule has 0 saturated carbocycles. The summed E-state index contributed by atoms with van der Waals surface area (Å²) >= 11 is 0. The number of halogens is 6. The first kappa shape index (κ1) is 26.2. The van der Waals surface area contributed by atoms with Gasteiger partial charge in [-0.05, 0) is 24.3 Å². The number of carbonyl (C=O) groups is 2. The molecule has 0 aliphatic carbocycles. The molecule has 0 heterocycles. The van der Waals surface area contributed by atoms with Crippen LogP contribution in [0.3, 0.4) is 0 Å². The Balaban J connectivity index is 0.000000323. The Labute approximate surface area is 175 Å². The standard InChI is InChI=1S/C9H6F3NO4.C9H8F3NO2/c1-17-8(14)6-3-2-5(13(15)16)4-7(6)9(10,11)12;1-15-8(14)6-3-2-5(13)4-7(6)9(10,11)12/h2-4H,1H3;2-4H,13H2,1H3. The molecule has 0 aliphatic rings. The number of methoxy groups -OCH3 is 2. The van der Waals surface area contributed by atoms with Crippen LogP contribution in [0.5, 0.6) is 0 Å². The summed E-state index contributed by atoms with van der Waals surface area (Å²) in [5.74, 6) is -2.24. The third-order valence-electron chi connectivity index (χ3n) is 3.68. The molecule has 0 aromatic heterocycles. The van der Waals surface area contributed by atoms with E-state index in [4.69, 9.17) is 5.73 Å². The van der Waals surface area contributed by atoms with Crippen molar-refractivity contribution in [1.82, 2.24) is 0 Å². The third-order valence-corrected chi connectivity index (χ3v) is 3.68. The molecule has 0 radical (unpaired) electrons. The number of carbonyl (C=O) groups excluding carboxylic acids is 2. The Morgan fingerprint density at radius 3 is 1.62 bits per heavy atom. The number of hydrogen-bond acceptors (Lipinski definition) is 7. The zero-order chi connectivity index (χ0) is 24.9. The topological polar surface area (TPSA) is 122 Å².